The molecule has 2 rings (SSSR count). The number of hydrogen-bond acceptors (Lipinski definition) is 5. The normalized spacial score (nSPS) is 9.94. The van der Waals surface area contributed by atoms with Crippen molar-refractivity contribution in [2.24, 2.45) is 5.84 Å². The first kappa shape index (κ1) is 12.2. The molecular weight excluding hydrogens is 230 g/mol. The van der Waals surface area contributed by atoms with Crippen LogP contribution in [-0.2, 0) is 0 Å². The number of aromatic nitrogens is 1. The van der Waals surface area contributed by atoms with Crippen molar-refractivity contribution >= 4 is 5.69 Å². The molecule has 0 fully saturated rings. The lowest BCUT2D eigenvalue weighted by atomic mass is 10.1. The molecule has 0 amide bonds. The van der Waals surface area contributed by atoms with Crippen molar-refractivity contribution in [1.82, 2.24) is 4.98 Å². The highest BCUT2D eigenvalue weighted by Gasteiger charge is 2.13. The molecule has 1 aromatic carbocycles. The average molecular weight is 245 g/mol. The van der Waals surface area contributed by atoms with Crippen molar-refractivity contribution in [3.8, 4) is 22.8 Å². The molecule has 5 heteroatoms. The van der Waals surface area contributed by atoms with Gasteiger partial charge in [-0.2, -0.15) is 0 Å². The van der Waals surface area contributed by atoms with E-state index in [1.807, 2.05) is 24.3 Å². The van der Waals surface area contributed by atoms with E-state index in [0.29, 0.717) is 11.5 Å². The summed E-state index contributed by atoms with van der Waals surface area (Å²) >= 11 is 0. The van der Waals surface area contributed by atoms with Crippen molar-refractivity contribution in [2.45, 2.75) is 0 Å². The van der Waals surface area contributed by atoms with Gasteiger partial charge in [-0.25, -0.2) is 0 Å². The van der Waals surface area contributed by atoms with Crippen molar-refractivity contribution in [1.29, 1.82) is 0 Å². The number of nitrogens with two attached hydrogens (primary N) is 1. The molecule has 0 spiro atoms. The maximum atomic E-state index is 5.40. The maximum Gasteiger partial charge on any atom is 0.132 e. The fourth-order valence-corrected chi connectivity index (χ4v) is 1.76. The number of hydrazine groups is 1. The first-order valence-electron chi connectivity index (χ1n) is 5.44. The van der Waals surface area contributed by atoms with Gasteiger partial charge in [0, 0.05) is 6.20 Å². The number of pyridine rings is 1. The Balaban J connectivity index is 2.60. The van der Waals surface area contributed by atoms with Crippen LogP contribution in [0, 0.1) is 0 Å². The minimum atomic E-state index is 0.705. The Bertz CT molecular complexity index is 521. The molecule has 0 radical (unpaired) electrons. The summed E-state index contributed by atoms with van der Waals surface area (Å²) in [7, 11) is 3.23. The molecular formula is C13H15N3O2. The van der Waals surface area contributed by atoms with Gasteiger partial charge >= 0.3 is 0 Å². The van der Waals surface area contributed by atoms with Gasteiger partial charge in [0.2, 0.25) is 0 Å². The lowest BCUT2D eigenvalue weighted by Gasteiger charge is -2.13. The van der Waals surface area contributed by atoms with Crippen LogP contribution in [0.15, 0.2) is 36.5 Å². The van der Waals surface area contributed by atoms with Gasteiger partial charge in [-0.15, -0.1) is 0 Å². The Morgan fingerprint density at radius 3 is 2.33 bits per heavy atom. The Morgan fingerprint density at radius 2 is 1.78 bits per heavy atom. The number of nitrogen functional groups attached to an aromatic ring is 1. The van der Waals surface area contributed by atoms with Crippen molar-refractivity contribution < 1.29 is 9.47 Å². The van der Waals surface area contributed by atoms with Crippen LogP contribution in [0.2, 0.25) is 0 Å². The summed E-state index contributed by atoms with van der Waals surface area (Å²) in [4.78, 5) is 4.32. The number of anilines is 1. The van der Waals surface area contributed by atoms with Gasteiger partial charge in [-0.3, -0.25) is 10.8 Å². The van der Waals surface area contributed by atoms with Crippen LogP contribution in [0.4, 0.5) is 5.69 Å². The van der Waals surface area contributed by atoms with Crippen LogP contribution in [0.3, 0.4) is 0 Å². The van der Waals surface area contributed by atoms with E-state index in [9.17, 15) is 0 Å². The van der Waals surface area contributed by atoms with E-state index in [0.717, 1.165) is 16.9 Å². The summed E-state index contributed by atoms with van der Waals surface area (Å²) in [5.74, 6) is 6.81. The topological polar surface area (TPSA) is 69.4 Å². The van der Waals surface area contributed by atoms with E-state index in [1.54, 1.807) is 26.5 Å². The standard InChI is InChI=1S/C13H15N3O2/c1-17-11-4-3-5-12(18-2)13(11)10-8-9(16-14)6-7-15-10/h3-8H,14H2,1-2H3,(H,15,16). The maximum absolute atomic E-state index is 5.40. The highest BCUT2D eigenvalue weighted by molar-refractivity contribution is 5.76. The molecule has 0 atom stereocenters. The second kappa shape index (κ2) is 5.37. The number of hydrogen-bond donors (Lipinski definition) is 2. The molecule has 0 aliphatic heterocycles. The second-order valence-corrected chi connectivity index (χ2v) is 3.61. The van der Waals surface area contributed by atoms with E-state index in [-0.39, 0.29) is 0 Å². The summed E-state index contributed by atoms with van der Waals surface area (Å²) in [6, 6.07) is 9.21. The number of benzene rings is 1. The predicted molar refractivity (Wildman–Crippen MR) is 70.6 cm³/mol. The summed E-state index contributed by atoms with van der Waals surface area (Å²) in [5, 5.41) is 0. The van der Waals surface area contributed by atoms with Crippen molar-refractivity contribution in [2.75, 3.05) is 19.6 Å². The van der Waals surface area contributed by atoms with Gasteiger partial charge in [0.15, 0.2) is 0 Å². The molecule has 1 heterocycles. The number of rotatable bonds is 4. The molecule has 2 aromatic rings. The van der Waals surface area contributed by atoms with Crippen LogP contribution >= 0.6 is 0 Å². The van der Waals surface area contributed by atoms with Crippen LogP contribution < -0.4 is 20.7 Å². The Labute approximate surface area is 106 Å². The first-order chi connectivity index (χ1) is 8.80. The Hall–Kier alpha value is -2.27. The lowest BCUT2D eigenvalue weighted by Crippen LogP contribution is -2.06. The van der Waals surface area contributed by atoms with Gasteiger partial charge in [0.05, 0.1) is 31.2 Å². The SMILES string of the molecule is COc1cccc(OC)c1-c1cc(NN)ccn1. The molecule has 0 saturated carbocycles. The third-order valence-corrected chi connectivity index (χ3v) is 2.61. The summed E-state index contributed by atoms with van der Waals surface area (Å²) in [6.45, 7) is 0. The van der Waals surface area contributed by atoms with Crippen LogP contribution in [0.5, 0.6) is 11.5 Å². The third kappa shape index (κ3) is 2.21. The van der Waals surface area contributed by atoms with Crippen molar-refractivity contribution in [3.63, 3.8) is 0 Å². The molecule has 0 unspecified atom stereocenters. The summed E-state index contributed by atoms with van der Waals surface area (Å²) in [5.41, 5.74) is 4.90. The highest BCUT2D eigenvalue weighted by Crippen LogP contribution is 2.37. The van der Waals surface area contributed by atoms with E-state index in [2.05, 4.69) is 10.4 Å². The second-order valence-electron chi connectivity index (χ2n) is 3.61. The van der Waals surface area contributed by atoms with Gasteiger partial charge < -0.3 is 14.9 Å². The zero-order chi connectivity index (χ0) is 13.0. The average Bonchev–Trinajstić information content (AvgIpc) is 2.46. The van der Waals surface area contributed by atoms with Gasteiger partial charge in [-0.05, 0) is 24.3 Å². The monoisotopic (exact) mass is 245 g/mol. The molecule has 3 N–H and O–H groups in total. The highest BCUT2D eigenvalue weighted by atomic mass is 16.5. The summed E-state index contributed by atoms with van der Waals surface area (Å²) < 4.78 is 10.7. The molecule has 94 valence electrons. The zero-order valence-electron chi connectivity index (χ0n) is 10.3. The number of nitrogens with one attached hydrogen (secondary N) is 1. The predicted octanol–water partition coefficient (Wildman–Crippen LogP) is 2.05. The smallest absolute Gasteiger partial charge is 0.132 e. The van der Waals surface area contributed by atoms with Gasteiger partial charge in [0.1, 0.15) is 11.5 Å². The van der Waals surface area contributed by atoms with E-state index in [1.165, 1.54) is 0 Å². The molecule has 18 heavy (non-hydrogen) atoms. The summed E-state index contributed by atoms with van der Waals surface area (Å²) in [6.07, 6.45) is 1.68. The number of methoxy groups -OCH3 is 2. The molecule has 0 aliphatic carbocycles. The molecule has 0 aliphatic rings. The number of nitrogens with zero attached hydrogens (tertiary/aromatic N) is 1. The van der Waals surface area contributed by atoms with Crippen LogP contribution in [-0.4, -0.2) is 19.2 Å². The first-order valence-corrected chi connectivity index (χ1v) is 5.44. The molecule has 0 bridgehead atoms. The Morgan fingerprint density at radius 1 is 1.11 bits per heavy atom. The number of ether oxygens (including phenoxy) is 2. The van der Waals surface area contributed by atoms with E-state index in [4.69, 9.17) is 15.3 Å². The fourth-order valence-electron chi connectivity index (χ4n) is 1.76. The minimum Gasteiger partial charge on any atom is -0.496 e. The Kier molecular flexibility index (Phi) is 3.64. The van der Waals surface area contributed by atoms with Gasteiger partial charge in [0.25, 0.3) is 0 Å². The van der Waals surface area contributed by atoms with Gasteiger partial charge in [-0.1, -0.05) is 6.07 Å². The largest absolute Gasteiger partial charge is 0.496 e. The van der Waals surface area contributed by atoms with E-state index < -0.39 is 0 Å². The van der Waals surface area contributed by atoms with Crippen LogP contribution in [0.25, 0.3) is 11.3 Å². The van der Waals surface area contributed by atoms with E-state index >= 15 is 0 Å². The van der Waals surface area contributed by atoms with Crippen LogP contribution in [0.1, 0.15) is 0 Å². The molecule has 1 aromatic heterocycles. The molecule has 5 nitrogen and oxygen atoms in total. The van der Waals surface area contributed by atoms with Crippen molar-refractivity contribution in [3.05, 3.63) is 36.5 Å². The third-order valence-electron chi connectivity index (χ3n) is 2.61. The molecule has 0 saturated heterocycles. The fraction of sp³-hybridized carbons (Fsp3) is 0.154. The lowest BCUT2D eigenvalue weighted by molar-refractivity contribution is 0.397. The minimum absolute atomic E-state index is 0.705. The quantitative estimate of drug-likeness (QED) is 0.637. The zero-order valence-corrected chi connectivity index (χ0v) is 10.3.